The summed E-state index contributed by atoms with van der Waals surface area (Å²) in [5.74, 6) is 0.686. The summed E-state index contributed by atoms with van der Waals surface area (Å²) in [6, 6.07) is 4.15. The van der Waals surface area contributed by atoms with E-state index >= 15 is 0 Å². The summed E-state index contributed by atoms with van der Waals surface area (Å²) in [6.07, 6.45) is 4.36. The Hall–Kier alpha value is -1.84. The molecule has 1 fully saturated rings. The minimum Gasteiger partial charge on any atom is -0.398 e. The highest BCUT2D eigenvalue weighted by Gasteiger charge is 2.28. The Labute approximate surface area is 100 Å². The molecule has 4 heteroatoms. The quantitative estimate of drug-likeness (QED) is 0.802. The fourth-order valence-electron chi connectivity index (χ4n) is 2.28. The predicted molar refractivity (Wildman–Crippen MR) is 67.6 cm³/mol. The molecular formula is C13H16N4. The lowest BCUT2D eigenvalue weighted by molar-refractivity contribution is 0.655. The van der Waals surface area contributed by atoms with Crippen LogP contribution < -0.4 is 5.73 Å². The number of hydrogen-bond acceptors (Lipinski definition) is 3. The third kappa shape index (κ3) is 1.69. The van der Waals surface area contributed by atoms with E-state index in [9.17, 15) is 0 Å². The van der Waals surface area contributed by atoms with E-state index in [1.54, 1.807) is 4.80 Å². The molecule has 0 radical (unpaired) electrons. The maximum absolute atomic E-state index is 6.00. The van der Waals surface area contributed by atoms with Gasteiger partial charge in [0.1, 0.15) is 5.69 Å². The normalized spacial score (nSPS) is 15.2. The van der Waals surface area contributed by atoms with Crippen LogP contribution in [0.25, 0.3) is 11.3 Å². The Morgan fingerprint density at radius 3 is 2.71 bits per heavy atom. The smallest absolute Gasteiger partial charge is 0.113 e. The second kappa shape index (κ2) is 3.58. The van der Waals surface area contributed by atoms with E-state index in [4.69, 9.17) is 5.73 Å². The molecule has 3 rings (SSSR count). The minimum atomic E-state index is 0.686. The van der Waals surface area contributed by atoms with E-state index in [2.05, 4.69) is 23.2 Å². The Bertz CT molecular complexity index is 567. The van der Waals surface area contributed by atoms with Crippen LogP contribution >= 0.6 is 0 Å². The van der Waals surface area contributed by atoms with Crippen molar-refractivity contribution in [3.05, 3.63) is 29.5 Å². The van der Waals surface area contributed by atoms with Crippen molar-refractivity contribution in [1.29, 1.82) is 0 Å². The van der Waals surface area contributed by atoms with E-state index in [0.29, 0.717) is 5.92 Å². The summed E-state index contributed by atoms with van der Waals surface area (Å²) >= 11 is 0. The monoisotopic (exact) mass is 228 g/mol. The molecule has 1 aliphatic carbocycles. The summed E-state index contributed by atoms with van der Waals surface area (Å²) in [5.41, 5.74) is 11.4. The van der Waals surface area contributed by atoms with Gasteiger partial charge in [0.25, 0.3) is 0 Å². The first-order valence-corrected chi connectivity index (χ1v) is 5.92. The van der Waals surface area contributed by atoms with Crippen molar-refractivity contribution in [2.45, 2.75) is 25.7 Å². The number of benzene rings is 1. The minimum absolute atomic E-state index is 0.686. The number of rotatable bonds is 2. The number of aryl methyl sites for hydroxylation is 1. The average Bonchev–Trinajstić information content (AvgIpc) is 3.05. The Morgan fingerprint density at radius 2 is 2.12 bits per heavy atom. The molecule has 88 valence electrons. The number of hydrogen-bond donors (Lipinski definition) is 1. The van der Waals surface area contributed by atoms with Gasteiger partial charge in [0.2, 0.25) is 0 Å². The van der Waals surface area contributed by atoms with Crippen molar-refractivity contribution < 1.29 is 0 Å². The van der Waals surface area contributed by atoms with Gasteiger partial charge < -0.3 is 5.73 Å². The van der Waals surface area contributed by atoms with Crippen LogP contribution in [0.1, 0.15) is 29.9 Å². The van der Waals surface area contributed by atoms with Crippen LogP contribution in [-0.2, 0) is 7.05 Å². The summed E-state index contributed by atoms with van der Waals surface area (Å²) < 4.78 is 0. The van der Waals surface area contributed by atoms with Gasteiger partial charge in [-0.3, -0.25) is 0 Å². The van der Waals surface area contributed by atoms with Crippen molar-refractivity contribution >= 4 is 5.69 Å². The molecule has 4 nitrogen and oxygen atoms in total. The SMILES string of the molecule is Cc1c(N)ccc(C2CC2)c1-c1cnn(C)n1. The van der Waals surface area contributed by atoms with Gasteiger partial charge in [-0.25, -0.2) is 0 Å². The molecule has 0 spiro atoms. The van der Waals surface area contributed by atoms with Gasteiger partial charge in [0.15, 0.2) is 0 Å². The lowest BCUT2D eigenvalue weighted by atomic mass is 9.95. The standard InChI is InChI=1S/C13H16N4/c1-8-11(14)6-5-10(9-3-4-9)13(8)12-7-15-17(2)16-12/h5-7,9H,3-4,14H2,1-2H3. The highest BCUT2D eigenvalue weighted by molar-refractivity contribution is 5.74. The van der Waals surface area contributed by atoms with Crippen molar-refractivity contribution in [2.24, 2.45) is 7.05 Å². The highest BCUT2D eigenvalue weighted by Crippen LogP contribution is 2.45. The first-order valence-electron chi connectivity index (χ1n) is 5.92. The van der Waals surface area contributed by atoms with Gasteiger partial charge in [-0.15, -0.1) is 0 Å². The number of nitrogens with zero attached hydrogens (tertiary/aromatic N) is 3. The van der Waals surface area contributed by atoms with Gasteiger partial charge in [-0.1, -0.05) is 6.07 Å². The summed E-state index contributed by atoms with van der Waals surface area (Å²) in [6.45, 7) is 2.06. The van der Waals surface area contributed by atoms with Crippen LogP contribution in [-0.4, -0.2) is 15.0 Å². The average molecular weight is 228 g/mol. The van der Waals surface area contributed by atoms with Gasteiger partial charge >= 0.3 is 0 Å². The number of aromatic nitrogens is 3. The first-order chi connectivity index (χ1) is 8.16. The van der Waals surface area contributed by atoms with Crippen LogP contribution in [0.3, 0.4) is 0 Å². The summed E-state index contributed by atoms with van der Waals surface area (Å²) in [4.78, 5) is 1.59. The lowest BCUT2D eigenvalue weighted by Crippen LogP contribution is -1.98. The molecule has 1 aliphatic rings. The van der Waals surface area contributed by atoms with E-state index in [-0.39, 0.29) is 0 Å². The molecule has 2 N–H and O–H groups in total. The third-order valence-electron chi connectivity index (χ3n) is 3.41. The lowest BCUT2D eigenvalue weighted by Gasteiger charge is -2.11. The van der Waals surface area contributed by atoms with Gasteiger partial charge in [-0.2, -0.15) is 15.0 Å². The second-order valence-electron chi connectivity index (χ2n) is 4.74. The van der Waals surface area contributed by atoms with Crippen LogP contribution in [0.2, 0.25) is 0 Å². The number of nitrogen functional groups attached to an aromatic ring is 1. The molecule has 0 saturated heterocycles. The first kappa shape index (κ1) is 10.3. The van der Waals surface area contributed by atoms with Crippen LogP contribution in [0.5, 0.6) is 0 Å². The molecule has 0 atom stereocenters. The molecule has 1 saturated carbocycles. The van der Waals surface area contributed by atoms with Gasteiger partial charge in [0, 0.05) is 18.3 Å². The Balaban J connectivity index is 2.21. The molecule has 17 heavy (non-hydrogen) atoms. The van der Waals surface area contributed by atoms with Crippen molar-refractivity contribution in [3.8, 4) is 11.3 Å². The largest absolute Gasteiger partial charge is 0.398 e. The Morgan fingerprint density at radius 1 is 1.35 bits per heavy atom. The molecule has 2 aromatic rings. The van der Waals surface area contributed by atoms with E-state index < -0.39 is 0 Å². The fourth-order valence-corrected chi connectivity index (χ4v) is 2.28. The van der Waals surface area contributed by atoms with Crippen molar-refractivity contribution in [2.75, 3.05) is 5.73 Å². The van der Waals surface area contributed by atoms with Crippen LogP contribution in [0.4, 0.5) is 5.69 Å². The highest BCUT2D eigenvalue weighted by atomic mass is 15.4. The molecule has 1 heterocycles. The van der Waals surface area contributed by atoms with Crippen LogP contribution in [0, 0.1) is 6.92 Å². The topological polar surface area (TPSA) is 56.7 Å². The second-order valence-corrected chi connectivity index (χ2v) is 4.74. The van der Waals surface area contributed by atoms with E-state index in [1.807, 2.05) is 19.3 Å². The van der Waals surface area contributed by atoms with Crippen LogP contribution in [0.15, 0.2) is 18.3 Å². The summed E-state index contributed by atoms with van der Waals surface area (Å²) in [7, 11) is 1.84. The molecule has 0 amide bonds. The zero-order valence-corrected chi connectivity index (χ0v) is 10.1. The fraction of sp³-hybridized carbons (Fsp3) is 0.385. The predicted octanol–water partition coefficient (Wildman–Crippen LogP) is 2.25. The molecule has 0 bridgehead atoms. The third-order valence-corrected chi connectivity index (χ3v) is 3.41. The van der Waals surface area contributed by atoms with Crippen molar-refractivity contribution in [1.82, 2.24) is 15.0 Å². The molecule has 0 aliphatic heterocycles. The zero-order valence-electron chi connectivity index (χ0n) is 10.1. The Kier molecular flexibility index (Phi) is 2.18. The molecule has 0 unspecified atom stereocenters. The molecule has 1 aromatic heterocycles. The van der Waals surface area contributed by atoms with E-state index in [0.717, 1.165) is 16.9 Å². The van der Waals surface area contributed by atoms with E-state index in [1.165, 1.54) is 24.0 Å². The zero-order chi connectivity index (χ0) is 12.0. The molecular weight excluding hydrogens is 212 g/mol. The maximum Gasteiger partial charge on any atom is 0.113 e. The summed E-state index contributed by atoms with van der Waals surface area (Å²) in [5, 5.41) is 8.55. The van der Waals surface area contributed by atoms with Gasteiger partial charge in [0.05, 0.1) is 6.20 Å². The van der Waals surface area contributed by atoms with Gasteiger partial charge in [-0.05, 0) is 42.9 Å². The molecule has 1 aromatic carbocycles. The number of nitrogens with two attached hydrogens (primary N) is 1. The number of anilines is 1. The van der Waals surface area contributed by atoms with Crippen molar-refractivity contribution in [3.63, 3.8) is 0 Å². The maximum atomic E-state index is 6.00.